The van der Waals surface area contributed by atoms with Crippen LogP contribution in [0, 0.1) is 11.8 Å². The minimum absolute atomic E-state index is 0.0931. The molecule has 0 aliphatic carbocycles. The highest BCUT2D eigenvalue weighted by molar-refractivity contribution is 5.79. The molecule has 0 radical (unpaired) electrons. The summed E-state index contributed by atoms with van der Waals surface area (Å²) in [5, 5.41) is 3.30. The van der Waals surface area contributed by atoms with Crippen LogP contribution in [0.15, 0.2) is 30.3 Å². The van der Waals surface area contributed by atoms with Gasteiger partial charge in [0.05, 0.1) is 12.5 Å². The van der Waals surface area contributed by atoms with Gasteiger partial charge in [-0.1, -0.05) is 37.3 Å². The maximum absolute atomic E-state index is 12.7. The van der Waals surface area contributed by atoms with Gasteiger partial charge >= 0.3 is 0 Å². The zero-order valence-electron chi connectivity index (χ0n) is 12.3. The van der Waals surface area contributed by atoms with Crippen molar-refractivity contribution in [3.8, 4) is 0 Å². The topological polar surface area (TPSA) is 41.6 Å². The number of amides is 1. The number of rotatable bonds is 6. The molecule has 1 aliphatic rings. The minimum atomic E-state index is 0.0931. The number of carbonyl (C=O) groups excluding carboxylic acids is 1. The van der Waals surface area contributed by atoms with Crippen LogP contribution in [0.1, 0.15) is 12.5 Å². The maximum Gasteiger partial charge on any atom is 0.227 e. The Hall–Kier alpha value is -1.39. The molecule has 1 fully saturated rings. The Balaban J connectivity index is 2.04. The van der Waals surface area contributed by atoms with E-state index in [0.717, 1.165) is 18.7 Å². The molecule has 1 aromatic carbocycles. The standard InChI is InChI=1S/C16H24N2O2/c1-13-10-17-11-15(13)16(19)18(8-9-20-2)12-14-6-4-3-5-7-14/h3-7,13,15,17H,8-12H2,1-2H3/t13-,15-/m1/s1. The van der Waals surface area contributed by atoms with Gasteiger partial charge in [0.25, 0.3) is 0 Å². The lowest BCUT2D eigenvalue weighted by Crippen LogP contribution is -2.40. The van der Waals surface area contributed by atoms with Gasteiger partial charge in [0.15, 0.2) is 0 Å². The number of hydrogen-bond acceptors (Lipinski definition) is 3. The van der Waals surface area contributed by atoms with Crippen molar-refractivity contribution in [2.24, 2.45) is 11.8 Å². The molecule has 0 aromatic heterocycles. The summed E-state index contributed by atoms with van der Waals surface area (Å²) in [6.45, 7) is 5.74. The third kappa shape index (κ3) is 3.81. The molecular weight excluding hydrogens is 252 g/mol. The van der Waals surface area contributed by atoms with Crippen LogP contribution in [0.3, 0.4) is 0 Å². The van der Waals surface area contributed by atoms with Crippen LogP contribution in [0.4, 0.5) is 0 Å². The fourth-order valence-corrected chi connectivity index (χ4v) is 2.65. The van der Waals surface area contributed by atoms with Crippen LogP contribution in [0.5, 0.6) is 0 Å². The van der Waals surface area contributed by atoms with Crippen molar-refractivity contribution in [1.82, 2.24) is 10.2 Å². The van der Waals surface area contributed by atoms with Crippen LogP contribution < -0.4 is 5.32 Å². The van der Waals surface area contributed by atoms with Crippen molar-refractivity contribution in [2.45, 2.75) is 13.5 Å². The lowest BCUT2D eigenvalue weighted by atomic mass is 9.96. The van der Waals surface area contributed by atoms with E-state index in [9.17, 15) is 4.79 Å². The Kier molecular flexibility index (Phi) is 5.56. The number of methoxy groups -OCH3 is 1. The highest BCUT2D eigenvalue weighted by Crippen LogP contribution is 2.19. The second-order valence-corrected chi connectivity index (χ2v) is 5.48. The molecule has 0 unspecified atom stereocenters. The van der Waals surface area contributed by atoms with E-state index in [4.69, 9.17) is 4.74 Å². The van der Waals surface area contributed by atoms with E-state index in [0.29, 0.717) is 25.6 Å². The molecule has 0 saturated carbocycles. The molecule has 1 aromatic rings. The van der Waals surface area contributed by atoms with Gasteiger partial charge in [-0.3, -0.25) is 4.79 Å². The van der Waals surface area contributed by atoms with Crippen molar-refractivity contribution in [2.75, 3.05) is 33.4 Å². The second-order valence-electron chi connectivity index (χ2n) is 5.48. The van der Waals surface area contributed by atoms with Crippen LogP contribution in [-0.2, 0) is 16.1 Å². The average Bonchev–Trinajstić information content (AvgIpc) is 2.90. The first kappa shape index (κ1) is 15.0. The summed E-state index contributed by atoms with van der Waals surface area (Å²) in [4.78, 5) is 14.6. The molecule has 1 aliphatic heterocycles. The largest absolute Gasteiger partial charge is 0.383 e. The van der Waals surface area contributed by atoms with Crippen molar-refractivity contribution < 1.29 is 9.53 Å². The Morgan fingerprint density at radius 1 is 1.35 bits per heavy atom. The van der Waals surface area contributed by atoms with Gasteiger partial charge in [0.2, 0.25) is 5.91 Å². The molecule has 110 valence electrons. The summed E-state index contributed by atoms with van der Waals surface area (Å²) < 4.78 is 5.14. The van der Waals surface area contributed by atoms with Gasteiger partial charge in [-0.05, 0) is 18.0 Å². The Labute approximate surface area is 121 Å². The highest BCUT2D eigenvalue weighted by Gasteiger charge is 2.32. The summed E-state index contributed by atoms with van der Waals surface area (Å²) >= 11 is 0. The van der Waals surface area contributed by atoms with Gasteiger partial charge in [-0.25, -0.2) is 0 Å². The molecule has 2 atom stereocenters. The van der Waals surface area contributed by atoms with Gasteiger partial charge in [0, 0.05) is 26.7 Å². The first-order valence-corrected chi connectivity index (χ1v) is 7.24. The van der Waals surface area contributed by atoms with Crippen molar-refractivity contribution in [3.05, 3.63) is 35.9 Å². The Morgan fingerprint density at radius 3 is 2.70 bits per heavy atom. The summed E-state index contributed by atoms with van der Waals surface area (Å²) in [5.41, 5.74) is 1.16. The minimum Gasteiger partial charge on any atom is -0.383 e. The fraction of sp³-hybridized carbons (Fsp3) is 0.562. The molecule has 1 amide bonds. The lowest BCUT2D eigenvalue weighted by molar-refractivity contribution is -0.137. The first-order valence-electron chi connectivity index (χ1n) is 7.24. The summed E-state index contributed by atoms with van der Waals surface area (Å²) in [5.74, 6) is 0.738. The van der Waals surface area contributed by atoms with Gasteiger partial charge in [0.1, 0.15) is 0 Å². The molecule has 0 bridgehead atoms. The Bertz CT molecular complexity index is 422. The van der Waals surface area contributed by atoms with E-state index in [1.54, 1.807) is 7.11 Å². The molecule has 4 heteroatoms. The van der Waals surface area contributed by atoms with E-state index >= 15 is 0 Å². The van der Waals surface area contributed by atoms with Crippen molar-refractivity contribution >= 4 is 5.91 Å². The SMILES string of the molecule is COCCN(Cc1ccccc1)C(=O)[C@@H]1CNC[C@H]1C. The molecular formula is C16H24N2O2. The van der Waals surface area contributed by atoms with Crippen LogP contribution in [0.25, 0.3) is 0 Å². The molecule has 0 spiro atoms. The van der Waals surface area contributed by atoms with Crippen molar-refractivity contribution in [1.29, 1.82) is 0 Å². The third-order valence-electron chi connectivity index (χ3n) is 3.93. The highest BCUT2D eigenvalue weighted by atomic mass is 16.5. The zero-order chi connectivity index (χ0) is 14.4. The van der Waals surface area contributed by atoms with Crippen molar-refractivity contribution in [3.63, 3.8) is 0 Å². The summed E-state index contributed by atoms with van der Waals surface area (Å²) in [6, 6.07) is 10.1. The smallest absolute Gasteiger partial charge is 0.227 e. The number of nitrogens with one attached hydrogen (secondary N) is 1. The van der Waals surface area contributed by atoms with E-state index in [-0.39, 0.29) is 11.8 Å². The first-order chi connectivity index (χ1) is 9.72. The van der Waals surface area contributed by atoms with E-state index < -0.39 is 0 Å². The predicted octanol–water partition coefficient (Wildman–Crippen LogP) is 1.52. The Morgan fingerprint density at radius 2 is 2.10 bits per heavy atom. The lowest BCUT2D eigenvalue weighted by Gasteiger charge is -2.27. The molecule has 1 heterocycles. The van der Waals surface area contributed by atoms with Crippen LogP contribution in [0.2, 0.25) is 0 Å². The zero-order valence-corrected chi connectivity index (χ0v) is 12.3. The number of benzene rings is 1. The molecule has 20 heavy (non-hydrogen) atoms. The normalized spacial score (nSPS) is 21.9. The fourth-order valence-electron chi connectivity index (χ4n) is 2.65. The maximum atomic E-state index is 12.7. The van der Waals surface area contributed by atoms with Gasteiger partial charge in [-0.15, -0.1) is 0 Å². The van der Waals surface area contributed by atoms with E-state index in [1.165, 1.54) is 0 Å². The summed E-state index contributed by atoms with van der Waals surface area (Å²) in [7, 11) is 1.67. The van der Waals surface area contributed by atoms with E-state index in [1.807, 2.05) is 23.1 Å². The quantitative estimate of drug-likeness (QED) is 0.856. The average molecular weight is 276 g/mol. The molecule has 4 nitrogen and oxygen atoms in total. The third-order valence-corrected chi connectivity index (χ3v) is 3.93. The van der Waals surface area contributed by atoms with Gasteiger partial charge < -0.3 is 15.0 Å². The number of nitrogens with zero attached hydrogens (tertiary/aromatic N) is 1. The molecule has 1 N–H and O–H groups in total. The van der Waals surface area contributed by atoms with Crippen LogP contribution >= 0.6 is 0 Å². The molecule has 2 rings (SSSR count). The number of carbonyl (C=O) groups is 1. The molecule has 1 saturated heterocycles. The second kappa shape index (κ2) is 7.41. The summed E-state index contributed by atoms with van der Waals surface area (Å²) in [6.07, 6.45) is 0. The van der Waals surface area contributed by atoms with Crippen LogP contribution in [-0.4, -0.2) is 44.2 Å². The monoisotopic (exact) mass is 276 g/mol. The van der Waals surface area contributed by atoms with Gasteiger partial charge in [-0.2, -0.15) is 0 Å². The predicted molar refractivity (Wildman–Crippen MR) is 79.3 cm³/mol. The van der Waals surface area contributed by atoms with E-state index in [2.05, 4.69) is 24.4 Å². The number of hydrogen-bond donors (Lipinski definition) is 1. The number of ether oxygens (including phenoxy) is 1.